The lowest BCUT2D eigenvalue weighted by Gasteiger charge is -2.32. The quantitative estimate of drug-likeness (QED) is 0.513. The van der Waals surface area contributed by atoms with Crippen molar-refractivity contribution in [1.29, 1.82) is 0 Å². The van der Waals surface area contributed by atoms with Crippen LogP contribution in [-0.2, 0) is 14.9 Å². The van der Waals surface area contributed by atoms with E-state index in [-0.39, 0.29) is 12.5 Å². The fraction of sp³-hybridized carbons (Fsp3) is 0.231. The molecular weight excluding hydrogens is 426 g/mol. The first-order chi connectivity index (χ1) is 15.3. The molecule has 0 spiro atoms. The lowest BCUT2D eigenvalue weighted by atomic mass is 9.77. The zero-order valence-corrected chi connectivity index (χ0v) is 18.6. The average molecular weight is 450 g/mol. The van der Waals surface area contributed by atoms with E-state index >= 15 is 0 Å². The predicted molar refractivity (Wildman–Crippen MR) is 124 cm³/mol. The number of halogens is 1. The third kappa shape index (κ3) is 4.08. The maximum absolute atomic E-state index is 12.7. The summed E-state index contributed by atoms with van der Waals surface area (Å²) in [4.78, 5) is 24.7. The summed E-state index contributed by atoms with van der Waals surface area (Å²) in [6, 6.07) is 21.8. The van der Waals surface area contributed by atoms with Crippen molar-refractivity contribution in [2.45, 2.75) is 31.2 Å². The number of carboxylic acid groups (broad SMARTS) is 1. The summed E-state index contributed by atoms with van der Waals surface area (Å²) in [5.41, 5.74) is 4.31. The largest absolute Gasteiger partial charge is 0.480 e. The molecule has 0 saturated carbocycles. The Bertz CT molecular complexity index is 1110. The van der Waals surface area contributed by atoms with Crippen LogP contribution < -0.4 is 5.32 Å². The van der Waals surface area contributed by atoms with Crippen LogP contribution in [0.1, 0.15) is 36.5 Å². The van der Waals surface area contributed by atoms with Gasteiger partial charge in [-0.2, -0.15) is 0 Å². The second-order valence-electron chi connectivity index (χ2n) is 8.47. The molecule has 3 aromatic rings. The Morgan fingerprint density at radius 2 is 1.50 bits per heavy atom. The highest BCUT2D eigenvalue weighted by atomic mass is 35.5. The first kappa shape index (κ1) is 21.9. The predicted octanol–water partition coefficient (Wildman–Crippen LogP) is 5.61. The van der Waals surface area contributed by atoms with Crippen molar-refractivity contribution in [2.75, 3.05) is 6.61 Å². The van der Waals surface area contributed by atoms with Crippen LogP contribution in [0.5, 0.6) is 0 Å². The van der Waals surface area contributed by atoms with Crippen molar-refractivity contribution < 1.29 is 19.4 Å². The summed E-state index contributed by atoms with van der Waals surface area (Å²) in [6.07, 6.45) is -0.763. The van der Waals surface area contributed by atoms with Crippen LogP contribution >= 0.6 is 11.6 Å². The van der Waals surface area contributed by atoms with Gasteiger partial charge in [-0.25, -0.2) is 9.59 Å². The molecule has 0 fully saturated rings. The van der Waals surface area contributed by atoms with Crippen molar-refractivity contribution in [3.05, 3.63) is 94.5 Å². The van der Waals surface area contributed by atoms with Gasteiger partial charge in [-0.1, -0.05) is 86.1 Å². The zero-order chi connectivity index (χ0) is 22.9. The molecule has 0 bridgehead atoms. The maximum Gasteiger partial charge on any atom is 0.407 e. The van der Waals surface area contributed by atoms with Gasteiger partial charge in [0, 0.05) is 16.4 Å². The Labute approximate surface area is 192 Å². The molecule has 1 aliphatic carbocycles. The summed E-state index contributed by atoms with van der Waals surface area (Å²) < 4.78 is 5.54. The molecule has 0 aromatic heterocycles. The van der Waals surface area contributed by atoms with Gasteiger partial charge in [0.15, 0.2) is 0 Å². The van der Waals surface area contributed by atoms with Crippen molar-refractivity contribution in [3.63, 3.8) is 0 Å². The molecule has 1 amide bonds. The molecule has 32 heavy (non-hydrogen) atoms. The van der Waals surface area contributed by atoms with E-state index in [1.165, 1.54) is 0 Å². The number of hydrogen-bond acceptors (Lipinski definition) is 3. The number of hydrogen-bond donors (Lipinski definition) is 2. The number of benzene rings is 3. The summed E-state index contributed by atoms with van der Waals surface area (Å²) in [5, 5.41) is 12.9. The summed E-state index contributed by atoms with van der Waals surface area (Å²) in [7, 11) is 0. The number of fused-ring (bicyclic) bond motifs is 3. The summed E-state index contributed by atoms with van der Waals surface area (Å²) in [6.45, 7) is 3.64. The number of alkyl carbamates (subject to hydrolysis) is 1. The van der Waals surface area contributed by atoms with Crippen LogP contribution in [0.4, 0.5) is 4.79 Å². The standard InChI is InChI=1S/C26H24ClNO4/c1-26(2,16-11-13-17(27)14-12-16)23(24(29)30)28-25(31)32-15-22-20-9-5-3-7-18(20)19-8-4-6-10-21(19)22/h3-14,22-23H,15H2,1-2H3,(H,28,31)(H,29,30). The van der Waals surface area contributed by atoms with Gasteiger partial charge in [0.2, 0.25) is 0 Å². The van der Waals surface area contributed by atoms with Gasteiger partial charge < -0.3 is 15.2 Å². The molecule has 164 valence electrons. The number of carboxylic acids is 1. The fourth-order valence-electron chi connectivity index (χ4n) is 4.35. The molecular formula is C26H24ClNO4. The van der Waals surface area contributed by atoms with Crippen LogP contribution in [0, 0.1) is 0 Å². The number of rotatable bonds is 6. The smallest absolute Gasteiger partial charge is 0.407 e. The van der Waals surface area contributed by atoms with Gasteiger partial charge in [-0.3, -0.25) is 0 Å². The molecule has 6 heteroatoms. The molecule has 4 rings (SSSR count). The highest BCUT2D eigenvalue weighted by molar-refractivity contribution is 6.30. The van der Waals surface area contributed by atoms with Gasteiger partial charge >= 0.3 is 12.1 Å². The number of aliphatic carboxylic acids is 1. The van der Waals surface area contributed by atoms with E-state index in [2.05, 4.69) is 17.4 Å². The molecule has 5 nitrogen and oxygen atoms in total. The maximum atomic E-state index is 12.7. The van der Waals surface area contributed by atoms with Gasteiger partial charge in [0.1, 0.15) is 12.6 Å². The van der Waals surface area contributed by atoms with Crippen molar-refractivity contribution in [2.24, 2.45) is 0 Å². The fourth-order valence-corrected chi connectivity index (χ4v) is 4.48. The van der Waals surface area contributed by atoms with E-state index in [4.69, 9.17) is 16.3 Å². The minimum absolute atomic E-state index is 0.0966. The van der Waals surface area contributed by atoms with Crippen LogP contribution in [-0.4, -0.2) is 29.8 Å². The van der Waals surface area contributed by atoms with Crippen molar-refractivity contribution in [3.8, 4) is 11.1 Å². The molecule has 2 N–H and O–H groups in total. The van der Waals surface area contributed by atoms with Crippen LogP contribution in [0.15, 0.2) is 72.8 Å². The molecule has 0 aliphatic heterocycles. The summed E-state index contributed by atoms with van der Waals surface area (Å²) in [5.74, 6) is -1.24. The third-order valence-electron chi connectivity index (χ3n) is 6.16. The Morgan fingerprint density at radius 3 is 2.03 bits per heavy atom. The second-order valence-corrected chi connectivity index (χ2v) is 8.91. The van der Waals surface area contributed by atoms with Gasteiger partial charge in [-0.15, -0.1) is 0 Å². The van der Waals surface area contributed by atoms with E-state index in [9.17, 15) is 14.7 Å². The van der Waals surface area contributed by atoms with Gasteiger partial charge in [0.25, 0.3) is 0 Å². The molecule has 3 aromatic carbocycles. The SMILES string of the molecule is CC(C)(c1ccc(Cl)cc1)C(NC(=O)OCC1c2ccccc2-c2ccccc21)C(=O)O. The van der Waals surface area contributed by atoms with E-state index in [0.29, 0.717) is 5.02 Å². The number of ether oxygens (including phenoxy) is 1. The monoisotopic (exact) mass is 449 g/mol. The first-order valence-electron chi connectivity index (χ1n) is 10.4. The lowest BCUT2D eigenvalue weighted by molar-refractivity contribution is -0.141. The zero-order valence-electron chi connectivity index (χ0n) is 17.8. The molecule has 1 unspecified atom stereocenters. The Morgan fingerprint density at radius 1 is 0.969 bits per heavy atom. The highest BCUT2D eigenvalue weighted by Gasteiger charge is 2.39. The molecule has 1 aliphatic rings. The van der Waals surface area contributed by atoms with E-state index < -0.39 is 23.5 Å². The number of carbonyl (C=O) groups excluding carboxylic acids is 1. The Kier molecular flexibility index (Phi) is 5.94. The minimum Gasteiger partial charge on any atom is -0.480 e. The number of amides is 1. The highest BCUT2D eigenvalue weighted by Crippen LogP contribution is 2.44. The van der Waals surface area contributed by atoms with E-state index in [0.717, 1.165) is 27.8 Å². The lowest BCUT2D eigenvalue weighted by Crippen LogP contribution is -2.52. The van der Waals surface area contributed by atoms with E-state index in [1.807, 2.05) is 36.4 Å². The topological polar surface area (TPSA) is 75.6 Å². The first-order valence-corrected chi connectivity index (χ1v) is 10.8. The molecule has 0 saturated heterocycles. The Balaban J connectivity index is 1.49. The van der Waals surface area contributed by atoms with E-state index in [1.54, 1.807) is 38.1 Å². The normalized spacial score (nSPS) is 13.7. The number of carbonyl (C=O) groups is 2. The van der Waals surface area contributed by atoms with Crippen molar-refractivity contribution >= 4 is 23.7 Å². The minimum atomic E-state index is -1.18. The average Bonchev–Trinajstić information content (AvgIpc) is 3.10. The van der Waals surface area contributed by atoms with Crippen LogP contribution in [0.25, 0.3) is 11.1 Å². The van der Waals surface area contributed by atoms with Gasteiger partial charge in [0.05, 0.1) is 0 Å². The summed E-state index contributed by atoms with van der Waals surface area (Å²) >= 11 is 5.96. The molecule has 1 atom stereocenters. The molecule has 0 heterocycles. The molecule has 0 radical (unpaired) electrons. The third-order valence-corrected chi connectivity index (χ3v) is 6.41. The second kappa shape index (κ2) is 8.67. The van der Waals surface area contributed by atoms with Crippen molar-refractivity contribution in [1.82, 2.24) is 5.32 Å². The van der Waals surface area contributed by atoms with Crippen LogP contribution in [0.2, 0.25) is 5.02 Å². The van der Waals surface area contributed by atoms with Gasteiger partial charge in [-0.05, 0) is 39.9 Å². The Hall–Kier alpha value is -3.31. The van der Waals surface area contributed by atoms with Crippen LogP contribution in [0.3, 0.4) is 0 Å². The number of nitrogens with one attached hydrogen (secondary N) is 1.